The zero-order valence-electron chi connectivity index (χ0n) is 9.44. The second-order valence-electron chi connectivity index (χ2n) is 3.66. The highest BCUT2D eigenvalue weighted by atomic mass is 32.2. The number of nitrogens with one attached hydrogen (secondary N) is 1. The Labute approximate surface area is 99.3 Å². The predicted octanol–water partition coefficient (Wildman–Crippen LogP) is 1.37. The van der Waals surface area contributed by atoms with Crippen LogP contribution in [0.2, 0.25) is 0 Å². The monoisotopic (exact) mass is 243 g/mol. The molecule has 0 saturated carbocycles. The largest absolute Gasteiger partial charge is 0.368 e. The molecule has 1 fully saturated rings. The van der Waals surface area contributed by atoms with Crippen molar-refractivity contribution in [1.29, 1.82) is 0 Å². The Morgan fingerprint density at radius 2 is 2.50 bits per heavy atom. The molecule has 1 aliphatic heterocycles. The van der Waals surface area contributed by atoms with Crippen molar-refractivity contribution in [2.75, 3.05) is 24.7 Å². The van der Waals surface area contributed by atoms with Crippen molar-refractivity contribution in [3.8, 4) is 0 Å². The molecule has 0 radical (unpaired) electrons. The Kier molecular flexibility index (Phi) is 4.62. The highest BCUT2D eigenvalue weighted by molar-refractivity contribution is 7.99. The number of ether oxygens (including phenoxy) is 1. The van der Waals surface area contributed by atoms with E-state index in [0.717, 1.165) is 31.1 Å². The van der Waals surface area contributed by atoms with E-state index in [-0.39, 0.29) is 6.10 Å². The van der Waals surface area contributed by atoms with Gasteiger partial charge >= 0.3 is 0 Å². The van der Waals surface area contributed by atoms with Crippen LogP contribution in [0.5, 0.6) is 0 Å². The molecule has 1 aliphatic rings. The van der Waals surface area contributed by atoms with E-state index in [1.807, 2.05) is 11.8 Å². The van der Waals surface area contributed by atoms with Gasteiger partial charge in [-0.05, 0) is 13.0 Å². The molecule has 1 aromatic rings. The second kappa shape index (κ2) is 6.22. The normalized spacial score (nSPS) is 21.2. The van der Waals surface area contributed by atoms with Crippen LogP contribution in [-0.2, 0) is 11.3 Å². The van der Waals surface area contributed by atoms with Gasteiger partial charge in [0.1, 0.15) is 6.10 Å². The summed E-state index contributed by atoms with van der Waals surface area (Å²) >= 11 is 1.87. The highest BCUT2D eigenvalue weighted by Crippen LogP contribution is 2.24. The van der Waals surface area contributed by atoms with Gasteiger partial charge in [0.2, 0.25) is 11.7 Å². The summed E-state index contributed by atoms with van der Waals surface area (Å²) in [7, 11) is 0. The van der Waals surface area contributed by atoms with Gasteiger partial charge < -0.3 is 14.6 Å². The molecular formula is C10H17N3O2S. The van der Waals surface area contributed by atoms with Gasteiger partial charge in [0.25, 0.3) is 0 Å². The van der Waals surface area contributed by atoms with E-state index in [1.165, 1.54) is 0 Å². The lowest BCUT2D eigenvalue weighted by Gasteiger charge is -2.18. The van der Waals surface area contributed by atoms with Gasteiger partial charge in [-0.15, -0.1) is 0 Å². The molecule has 1 aromatic heterocycles. The summed E-state index contributed by atoms with van der Waals surface area (Å²) in [4.78, 5) is 4.33. The first kappa shape index (κ1) is 11.9. The summed E-state index contributed by atoms with van der Waals surface area (Å²) in [6, 6.07) is 0. The number of rotatable bonds is 5. The van der Waals surface area contributed by atoms with Gasteiger partial charge in [0.05, 0.1) is 13.2 Å². The van der Waals surface area contributed by atoms with Gasteiger partial charge in [-0.25, -0.2) is 0 Å². The van der Waals surface area contributed by atoms with Crippen LogP contribution in [0.4, 0.5) is 0 Å². The molecule has 5 nitrogen and oxygen atoms in total. The van der Waals surface area contributed by atoms with Gasteiger partial charge in [0.15, 0.2) is 0 Å². The molecule has 0 amide bonds. The first-order chi connectivity index (χ1) is 7.90. The lowest BCUT2D eigenvalue weighted by atomic mass is 10.4. The third-order valence-electron chi connectivity index (χ3n) is 2.29. The Morgan fingerprint density at radius 3 is 3.25 bits per heavy atom. The van der Waals surface area contributed by atoms with Crippen molar-refractivity contribution in [1.82, 2.24) is 15.5 Å². The Hall–Kier alpha value is -0.590. The van der Waals surface area contributed by atoms with Crippen LogP contribution in [0.3, 0.4) is 0 Å². The summed E-state index contributed by atoms with van der Waals surface area (Å²) in [6.07, 6.45) is 1.10. The minimum atomic E-state index is 0.00225. The van der Waals surface area contributed by atoms with E-state index in [4.69, 9.17) is 9.26 Å². The SMILES string of the molecule is CCCNCc1nc(C2CSCCO2)no1. The lowest BCUT2D eigenvalue weighted by Crippen LogP contribution is -2.17. The van der Waals surface area contributed by atoms with Gasteiger partial charge in [-0.3, -0.25) is 0 Å². The molecule has 0 aliphatic carbocycles. The maximum atomic E-state index is 5.58. The second-order valence-corrected chi connectivity index (χ2v) is 4.81. The average Bonchev–Trinajstić information content (AvgIpc) is 2.79. The predicted molar refractivity (Wildman–Crippen MR) is 62.3 cm³/mol. The maximum absolute atomic E-state index is 5.58. The molecule has 1 N–H and O–H groups in total. The van der Waals surface area contributed by atoms with E-state index in [0.29, 0.717) is 18.3 Å². The minimum absolute atomic E-state index is 0.00225. The van der Waals surface area contributed by atoms with E-state index < -0.39 is 0 Å². The average molecular weight is 243 g/mol. The van der Waals surface area contributed by atoms with Crippen molar-refractivity contribution in [3.05, 3.63) is 11.7 Å². The maximum Gasteiger partial charge on any atom is 0.240 e. The molecule has 2 rings (SSSR count). The van der Waals surface area contributed by atoms with Gasteiger partial charge in [0, 0.05) is 11.5 Å². The van der Waals surface area contributed by atoms with Crippen LogP contribution < -0.4 is 5.32 Å². The molecule has 16 heavy (non-hydrogen) atoms. The van der Waals surface area contributed by atoms with E-state index >= 15 is 0 Å². The lowest BCUT2D eigenvalue weighted by molar-refractivity contribution is 0.0677. The Balaban J connectivity index is 1.85. The van der Waals surface area contributed by atoms with Crippen LogP contribution in [0.15, 0.2) is 4.52 Å². The summed E-state index contributed by atoms with van der Waals surface area (Å²) in [5.41, 5.74) is 0. The van der Waals surface area contributed by atoms with Crippen LogP contribution in [0.1, 0.15) is 31.2 Å². The van der Waals surface area contributed by atoms with E-state index in [9.17, 15) is 0 Å². The van der Waals surface area contributed by atoms with Crippen LogP contribution >= 0.6 is 11.8 Å². The van der Waals surface area contributed by atoms with E-state index in [2.05, 4.69) is 22.4 Å². The third-order valence-corrected chi connectivity index (χ3v) is 3.28. The van der Waals surface area contributed by atoms with Gasteiger partial charge in [-0.1, -0.05) is 12.1 Å². The van der Waals surface area contributed by atoms with Gasteiger partial charge in [-0.2, -0.15) is 16.7 Å². The number of hydrogen-bond donors (Lipinski definition) is 1. The van der Waals surface area contributed by atoms with Crippen LogP contribution in [0, 0.1) is 0 Å². The summed E-state index contributed by atoms with van der Waals surface area (Å²) in [5, 5.41) is 7.18. The highest BCUT2D eigenvalue weighted by Gasteiger charge is 2.21. The topological polar surface area (TPSA) is 60.2 Å². The molecule has 1 saturated heterocycles. The van der Waals surface area contributed by atoms with Crippen molar-refractivity contribution in [2.24, 2.45) is 0 Å². The fraction of sp³-hybridized carbons (Fsp3) is 0.800. The summed E-state index contributed by atoms with van der Waals surface area (Å²) in [6.45, 7) is 4.50. The van der Waals surface area contributed by atoms with Crippen molar-refractivity contribution < 1.29 is 9.26 Å². The summed E-state index contributed by atoms with van der Waals surface area (Å²) < 4.78 is 10.7. The molecular weight excluding hydrogens is 226 g/mol. The Morgan fingerprint density at radius 1 is 1.56 bits per heavy atom. The first-order valence-electron chi connectivity index (χ1n) is 5.62. The first-order valence-corrected chi connectivity index (χ1v) is 6.78. The summed E-state index contributed by atoms with van der Waals surface area (Å²) in [5.74, 6) is 3.30. The van der Waals surface area contributed by atoms with E-state index in [1.54, 1.807) is 0 Å². The van der Waals surface area contributed by atoms with Crippen molar-refractivity contribution >= 4 is 11.8 Å². The zero-order valence-corrected chi connectivity index (χ0v) is 10.3. The molecule has 0 aromatic carbocycles. The van der Waals surface area contributed by atoms with Crippen molar-refractivity contribution in [3.63, 3.8) is 0 Å². The number of thioether (sulfide) groups is 1. The standard InChI is InChI=1S/C10H17N3O2S/c1-2-3-11-6-9-12-10(13-15-9)8-7-16-5-4-14-8/h8,11H,2-7H2,1H3. The molecule has 90 valence electrons. The molecule has 0 bridgehead atoms. The zero-order chi connectivity index (χ0) is 11.2. The Bertz CT molecular complexity index is 313. The minimum Gasteiger partial charge on any atom is -0.368 e. The smallest absolute Gasteiger partial charge is 0.240 e. The quantitative estimate of drug-likeness (QED) is 0.788. The molecule has 1 atom stereocenters. The molecule has 2 heterocycles. The van der Waals surface area contributed by atoms with Crippen LogP contribution in [0.25, 0.3) is 0 Å². The third kappa shape index (κ3) is 3.20. The fourth-order valence-corrected chi connectivity index (χ4v) is 2.32. The number of nitrogens with zero attached hydrogens (tertiary/aromatic N) is 2. The number of hydrogen-bond acceptors (Lipinski definition) is 6. The molecule has 6 heteroatoms. The number of aromatic nitrogens is 2. The van der Waals surface area contributed by atoms with Crippen molar-refractivity contribution in [2.45, 2.75) is 26.0 Å². The van der Waals surface area contributed by atoms with Crippen LogP contribution in [-0.4, -0.2) is 34.8 Å². The molecule has 0 spiro atoms. The molecule has 1 unspecified atom stereocenters. The fourth-order valence-electron chi connectivity index (χ4n) is 1.48.